The van der Waals surface area contributed by atoms with E-state index in [4.69, 9.17) is 5.73 Å². The van der Waals surface area contributed by atoms with Crippen LogP contribution in [-0.4, -0.2) is 0 Å². The highest BCUT2D eigenvalue weighted by Gasteiger charge is 2.26. The van der Waals surface area contributed by atoms with Crippen molar-refractivity contribution in [2.75, 3.05) is 5.73 Å². The summed E-state index contributed by atoms with van der Waals surface area (Å²) in [6, 6.07) is 16.8. The quantitative estimate of drug-likeness (QED) is 0.748. The molecule has 0 saturated heterocycles. The van der Waals surface area contributed by atoms with Crippen LogP contribution in [0.25, 0.3) is 11.1 Å². The van der Waals surface area contributed by atoms with Crippen LogP contribution in [0.5, 0.6) is 0 Å². The largest absolute Gasteiger partial charge is 0.398 e. The predicted octanol–water partition coefficient (Wildman–Crippen LogP) is 3.81. The third-order valence-electron chi connectivity index (χ3n) is 3.24. The predicted molar refractivity (Wildman–Crippen MR) is 68.3 cm³/mol. The van der Waals surface area contributed by atoms with Crippen LogP contribution in [0, 0.1) is 0 Å². The minimum absolute atomic E-state index is 0.712. The van der Waals surface area contributed by atoms with Crippen LogP contribution < -0.4 is 5.73 Å². The number of benzene rings is 2. The first-order chi connectivity index (χ1) is 7.86. The Labute approximate surface area is 95.9 Å². The molecule has 1 saturated carbocycles. The second kappa shape index (κ2) is 3.67. The van der Waals surface area contributed by atoms with Crippen molar-refractivity contribution in [3.8, 4) is 11.1 Å². The van der Waals surface area contributed by atoms with Crippen molar-refractivity contribution in [2.24, 2.45) is 0 Å². The van der Waals surface area contributed by atoms with Crippen LogP contribution in [0.4, 0.5) is 5.69 Å². The lowest BCUT2D eigenvalue weighted by atomic mass is 9.98. The van der Waals surface area contributed by atoms with Crippen molar-refractivity contribution >= 4 is 5.69 Å². The zero-order valence-electron chi connectivity index (χ0n) is 9.19. The summed E-state index contributed by atoms with van der Waals surface area (Å²) in [5.41, 5.74) is 10.9. The lowest BCUT2D eigenvalue weighted by Crippen LogP contribution is -1.95. The molecule has 0 aromatic heterocycles. The van der Waals surface area contributed by atoms with Crippen molar-refractivity contribution in [1.29, 1.82) is 0 Å². The maximum absolute atomic E-state index is 6.26. The molecule has 1 nitrogen and oxygen atoms in total. The van der Waals surface area contributed by atoms with Crippen molar-refractivity contribution < 1.29 is 0 Å². The van der Waals surface area contributed by atoms with E-state index in [0.29, 0.717) is 5.92 Å². The standard InChI is InChI=1S/C15H15N/c16-15-13(11-5-2-1-3-6-11)7-4-8-14(15)12-9-10-12/h1-8,12H,9-10,16H2. The van der Waals surface area contributed by atoms with E-state index < -0.39 is 0 Å². The Morgan fingerprint density at radius 2 is 1.62 bits per heavy atom. The molecule has 0 spiro atoms. The van der Waals surface area contributed by atoms with Crippen LogP contribution in [0.15, 0.2) is 48.5 Å². The SMILES string of the molecule is Nc1c(-c2ccccc2)cccc1C1CC1. The molecule has 2 aromatic rings. The Morgan fingerprint density at radius 3 is 2.31 bits per heavy atom. The van der Waals surface area contributed by atoms with E-state index in [-0.39, 0.29) is 0 Å². The summed E-state index contributed by atoms with van der Waals surface area (Å²) < 4.78 is 0. The van der Waals surface area contributed by atoms with Gasteiger partial charge in [0.05, 0.1) is 0 Å². The number of hydrogen-bond acceptors (Lipinski definition) is 1. The van der Waals surface area contributed by atoms with Gasteiger partial charge in [-0.1, -0.05) is 48.5 Å². The summed E-state index contributed by atoms with van der Waals surface area (Å²) in [6.07, 6.45) is 2.59. The van der Waals surface area contributed by atoms with Crippen molar-refractivity contribution in [2.45, 2.75) is 18.8 Å². The van der Waals surface area contributed by atoms with Gasteiger partial charge in [0.15, 0.2) is 0 Å². The van der Waals surface area contributed by atoms with Crippen molar-refractivity contribution in [3.63, 3.8) is 0 Å². The molecule has 0 atom stereocenters. The third-order valence-corrected chi connectivity index (χ3v) is 3.24. The molecule has 0 heterocycles. The van der Waals surface area contributed by atoms with Gasteiger partial charge in [0.25, 0.3) is 0 Å². The molecule has 1 fully saturated rings. The zero-order chi connectivity index (χ0) is 11.0. The highest BCUT2D eigenvalue weighted by atomic mass is 14.6. The Bertz CT molecular complexity index is 498. The van der Waals surface area contributed by atoms with E-state index >= 15 is 0 Å². The average Bonchev–Trinajstić information content (AvgIpc) is 3.15. The summed E-state index contributed by atoms with van der Waals surface area (Å²) >= 11 is 0. The molecule has 80 valence electrons. The molecule has 2 aromatic carbocycles. The fourth-order valence-corrected chi connectivity index (χ4v) is 2.20. The molecule has 3 rings (SSSR count). The molecule has 0 amide bonds. The summed E-state index contributed by atoms with van der Waals surface area (Å²) in [5, 5.41) is 0. The molecule has 16 heavy (non-hydrogen) atoms. The number of nitrogens with two attached hydrogens (primary N) is 1. The van der Waals surface area contributed by atoms with Gasteiger partial charge in [-0.3, -0.25) is 0 Å². The van der Waals surface area contributed by atoms with E-state index in [1.165, 1.54) is 29.5 Å². The Morgan fingerprint density at radius 1 is 0.875 bits per heavy atom. The van der Waals surface area contributed by atoms with Gasteiger partial charge in [-0.25, -0.2) is 0 Å². The lowest BCUT2D eigenvalue weighted by molar-refractivity contribution is 1.14. The molecule has 0 aliphatic heterocycles. The summed E-state index contributed by atoms with van der Waals surface area (Å²) in [6.45, 7) is 0. The first-order valence-corrected chi connectivity index (χ1v) is 5.80. The van der Waals surface area contributed by atoms with Crippen LogP contribution >= 0.6 is 0 Å². The molecule has 1 aliphatic rings. The summed E-state index contributed by atoms with van der Waals surface area (Å²) in [7, 11) is 0. The molecule has 0 bridgehead atoms. The normalized spacial score (nSPS) is 15.0. The molecule has 0 radical (unpaired) electrons. The van der Waals surface area contributed by atoms with Gasteiger partial charge in [-0.2, -0.15) is 0 Å². The van der Waals surface area contributed by atoms with E-state index in [2.05, 4.69) is 42.5 Å². The van der Waals surface area contributed by atoms with Gasteiger partial charge in [0, 0.05) is 11.3 Å². The van der Waals surface area contributed by atoms with E-state index in [0.717, 1.165) is 5.69 Å². The minimum Gasteiger partial charge on any atom is -0.398 e. The van der Waals surface area contributed by atoms with Crippen LogP contribution in [-0.2, 0) is 0 Å². The fraction of sp³-hybridized carbons (Fsp3) is 0.200. The zero-order valence-corrected chi connectivity index (χ0v) is 9.19. The Kier molecular flexibility index (Phi) is 2.17. The monoisotopic (exact) mass is 209 g/mol. The lowest BCUT2D eigenvalue weighted by Gasteiger charge is -2.10. The second-order valence-electron chi connectivity index (χ2n) is 4.45. The smallest absolute Gasteiger partial charge is 0.0429 e. The topological polar surface area (TPSA) is 26.0 Å². The Balaban J connectivity index is 2.11. The summed E-state index contributed by atoms with van der Waals surface area (Å²) in [4.78, 5) is 0. The van der Waals surface area contributed by atoms with Crippen LogP contribution in [0.1, 0.15) is 24.3 Å². The van der Waals surface area contributed by atoms with E-state index in [1.54, 1.807) is 0 Å². The number of para-hydroxylation sites is 1. The molecule has 1 heteroatoms. The number of anilines is 1. The maximum atomic E-state index is 6.26. The third kappa shape index (κ3) is 1.58. The van der Waals surface area contributed by atoms with E-state index in [1.807, 2.05) is 6.07 Å². The van der Waals surface area contributed by atoms with Crippen molar-refractivity contribution in [3.05, 3.63) is 54.1 Å². The molecular formula is C15H15N. The van der Waals surface area contributed by atoms with Gasteiger partial charge in [-0.05, 0) is 29.9 Å². The highest BCUT2D eigenvalue weighted by molar-refractivity contribution is 5.79. The van der Waals surface area contributed by atoms with Crippen LogP contribution in [0.3, 0.4) is 0 Å². The molecule has 1 aliphatic carbocycles. The van der Waals surface area contributed by atoms with Crippen LogP contribution in [0.2, 0.25) is 0 Å². The minimum atomic E-state index is 0.712. The number of nitrogen functional groups attached to an aromatic ring is 1. The first-order valence-electron chi connectivity index (χ1n) is 5.80. The molecular weight excluding hydrogens is 194 g/mol. The molecule has 0 unspecified atom stereocenters. The maximum Gasteiger partial charge on any atom is 0.0429 e. The van der Waals surface area contributed by atoms with E-state index in [9.17, 15) is 0 Å². The Hall–Kier alpha value is -1.76. The number of rotatable bonds is 2. The number of hydrogen-bond donors (Lipinski definition) is 1. The average molecular weight is 209 g/mol. The fourth-order valence-electron chi connectivity index (χ4n) is 2.20. The highest BCUT2D eigenvalue weighted by Crippen LogP contribution is 2.44. The van der Waals surface area contributed by atoms with Gasteiger partial charge in [0.2, 0.25) is 0 Å². The summed E-state index contributed by atoms with van der Waals surface area (Å²) in [5.74, 6) is 0.712. The van der Waals surface area contributed by atoms with Crippen molar-refractivity contribution in [1.82, 2.24) is 0 Å². The van der Waals surface area contributed by atoms with Gasteiger partial charge in [-0.15, -0.1) is 0 Å². The molecule has 2 N–H and O–H groups in total. The van der Waals surface area contributed by atoms with Gasteiger partial charge >= 0.3 is 0 Å². The first kappa shape index (κ1) is 9.46. The second-order valence-corrected chi connectivity index (χ2v) is 4.45. The van der Waals surface area contributed by atoms with Gasteiger partial charge in [0.1, 0.15) is 0 Å². The van der Waals surface area contributed by atoms with Gasteiger partial charge < -0.3 is 5.73 Å².